The molecule has 0 aliphatic heterocycles. The summed E-state index contributed by atoms with van der Waals surface area (Å²) in [5, 5.41) is 0. The summed E-state index contributed by atoms with van der Waals surface area (Å²) in [6, 6.07) is 0. The van der Waals surface area contributed by atoms with Crippen molar-refractivity contribution in [2.75, 3.05) is 6.54 Å². The molecule has 0 spiro atoms. The van der Waals surface area contributed by atoms with E-state index in [1.54, 1.807) is 0 Å². The predicted octanol–water partition coefficient (Wildman–Crippen LogP) is 0.981. The SMILES string of the molecule is CCN.F[B-](F)(F)F.F[B-](F)(F)F.F[B-](F)(F)F.[H-].[K+]. The molecule has 0 amide bonds. The summed E-state index contributed by atoms with van der Waals surface area (Å²) in [5.41, 5.74) is 4.85. The van der Waals surface area contributed by atoms with Crippen LogP contribution in [0.5, 0.6) is 0 Å². The third-order valence-electron chi connectivity index (χ3n) is 0. The number of hydrogen-bond donors (Lipinski definition) is 1. The minimum atomic E-state index is -6.00. The zero-order valence-electron chi connectivity index (χ0n) is 10.6. The van der Waals surface area contributed by atoms with Gasteiger partial charge in [-0.05, 0) is 6.54 Å². The standard InChI is InChI=1S/C2H7N.3BF4.K.H/c1-2-3;3*2-1(3,4)5;;/h2-3H2,1H3;;;;;/q;3*-1;+1;-1. The van der Waals surface area contributed by atoms with Crippen molar-refractivity contribution < 1.29 is 105 Å². The topological polar surface area (TPSA) is 26.0 Å². The van der Waals surface area contributed by atoms with Crippen LogP contribution in [0.25, 0.3) is 0 Å². The van der Waals surface area contributed by atoms with Gasteiger partial charge >= 0.3 is 73.1 Å². The van der Waals surface area contributed by atoms with E-state index in [2.05, 4.69) is 0 Å². The van der Waals surface area contributed by atoms with Gasteiger partial charge in [0.25, 0.3) is 0 Å². The Kier molecular flexibility index (Phi) is 25.9. The van der Waals surface area contributed by atoms with Crippen LogP contribution in [0.15, 0.2) is 0 Å². The van der Waals surface area contributed by atoms with Crippen molar-refractivity contribution in [2.45, 2.75) is 6.92 Å². The van der Waals surface area contributed by atoms with Crippen LogP contribution in [0.3, 0.4) is 0 Å². The van der Waals surface area contributed by atoms with E-state index in [-0.39, 0.29) is 52.8 Å². The molecule has 0 heterocycles. The van der Waals surface area contributed by atoms with E-state index < -0.39 is 21.8 Å². The predicted molar refractivity (Wildman–Crippen MR) is 46.4 cm³/mol. The molecule has 0 rings (SSSR count). The Labute approximate surface area is 144 Å². The molecule has 0 atom stereocenters. The fourth-order valence-corrected chi connectivity index (χ4v) is 0. The zero-order valence-corrected chi connectivity index (χ0v) is 12.7. The summed E-state index contributed by atoms with van der Waals surface area (Å²) < 4.78 is 117. The molecule has 0 aliphatic rings. The number of nitrogens with two attached hydrogens (primary N) is 1. The van der Waals surface area contributed by atoms with E-state index >= 15 is 0 Å². The molecule has 0 unspecified atom stereocenters. The number of rotatable bonds is 0. The van der Waals surface area contributed by atoms with Crippen LogP contribution in [0.4, 0.5) is 51.8 Å². The molecular formula is C2H8B3F12KN-3. The molecule has 0 aliphatic carbocycles. The van der Waals surface area contributed by atoms with Gasteiger partial charge in [0, 0.05) is 0 Å². The van der Waals surface area contributed by atoms with Gasteiger partial charge in [0.05, 0.1) is 0 Å². The second-order valence-electron chi connectivity index (χ2n) is 1.89. The fraction of sp³-hybridized carbons (Fsp3) is 1.00. The van der Waals surface area contributed by atoms with Crippen molar-refractivity contribution in [1.82, 2.24) is 0 Å². The second kappa shape index (κ2) is 15.3. The van der Waals surface area contributed by atoms with E-state index in [4.69, 9.17) is 5.73 Å². The summed E-state index contributed by atoms with van der Waals surface area (Å²) in [6.45, 7) is 2.65. The van der Waals surface area contributed by atoms with Crippen LogP contribution in [-0.2, 0) is 0 Å². The van der Waals surface area contributed by atoms with Gasteiger partial charge in [-0.15, -0.1) is 0 Å². The first-order valence-electron chi connectivity index (χ1n) is 3.73. The van der Waals surface area contributed by atoms with E-state index in [1.165, 1.54) is 0 Å². The molecule has 0 radical (unpaired) electrons. The van der Waals surface area contributed by atoms with E-state index in [0.717, 1.165) is 6.54 Å². The fourth-order valence-electron chi connectivity index (χ4n) is 0. The summed E-state index contributed by atoms with van der Waals surface area (Å²) >= 11 is 0. The number of hydrogen-bond acceptors (Lipinski definition) is 1. The van der Waals surface area contributed by atoms with Crippen molar-refractivity contribution in [3.05, 3.63) is 0 Å². The van der Waals surface area contributed by atoms with Crippen LogP contribution in [-0.4, -0.2) is 28.3 Å². The summed E-state index contributed by atoms with van der Waals surface area (Å²) in [6.07, 6.45) is 0. The third-order valence-corrected chi connectivity index (χ3v) is 0. The largest absolute Gasteiger partial charge is 1.00 e. The Hall–Kier alpha value is 0.951. The zero-order chi connectivity index (χ0) is 16.2. The molecule has 0 saturated carbocycles. The van der Waals surface area contributed by atoms with Gasteiger partial charge < -0.3 is 58.9 Å². The summed E-state index contributed by atoms with van der Waals surface area (Å²) in [5.74, 6) is 0. The molecule has 0 aromatic heterocycles. The first-order valence-corrected chi connectivity index (χ1v) is 3.73. The van der Waals surface area contributed by atoms with Crippen LogP contribution in [0.1, 0.15) is 8.35 Å². The molecule has 0 bridgehead atoms. The molecule has 19 heavy (non-hydrogen) atoms. The average Bonchev–Trinajstić information content (AvgIpc) is 1.71. The molecule has 1 nitrogen and oxygen atoms in total. The molecule has 0 fully saturated rings. The Morgan fingerprint density at radius 2 is 0.632 bits per heavy atom. The van der Waals surface area contributed by atoms with E-state index in [1.807, 2.05) is 6.92 Å². The molecule has 118 valence electrons. The van der Waals surface area contributed by atoms with Crippen molar-refractivity contribution in [1.29, 1.82) is 0 Å². The first-order chi connectivity index (χ1) is 7.41. The van der Waals surface area contributed by atoms with Crippen molar-refractivity contribution in [3.8, 4) is 0 Å². The van der Waals surface area contributed by atoms with Gasteiger partial charge in [-0.1, -0.05) is 6.92 Å². The van der Waals surface area contributed by atoms with Gasteiger partial charge in [0.1, 0.15) is 0 Å². The third kappa shape index (κ3) is 6020. The molecule has 0 saturated heterocycles. The Balaban J connectivity index is -0.0000000321. The molecule has 2 N–H and O–H groups in total. The molecule has 0 aromatic rings. The minimum Gasteiger partial charge on any atom is -1.00 e. The van der Waals surface area contributed by atoms with Crippen molar-refractivity contribution >= 4 is 21.8 Å². The van der Waals surface area contributed by atoms with Gasteiger partial charge in [-0.3, -0.25) is 0 Å². The first kappa shape index (κ1) is 32.1. The second-order valence-corrected chi connectivity index (χ2v) is 1.89. The maximum atomic E-state index is 9.75. The van der Waals surface area contributed by atoms with E-state index in [0.29, 0.717) is 0 Å². The Morgan fingerprint density at radius 1 is 0.632 bits per heavy atom. The molecule has 0 aromatic carbocycles. The number of halogens is 12. The Bertz CT molecular complexity index is 123. The van der Waals surface area contributed by atoms with Gasteiger partial charge in [0.2, 0.25) is 0 Å². The van der Waals surface area contributed by atoms with Crippen molar-refractivity contribution in [2.24, 2.45) is 5.73 Å². The van der Waals surface area contributed by atoms with Crippen molar-refractivity contribution in [3.63, 3.8) is 0 Å². The summed E-state index contributed by atoms with van der Waals surface area (Å²) in [7, 11) is -18.0. The van der Waals surface area contributed by atoms with Gasteiger partial charge in [-0.25, -0.2) is 0 Å². The maximum absolute atomic E-state index is 9.75. The quantitative estimate of drug-likeness (QED) is 0.514. The minimum absolute atomic E-state index is 0. The normalized spacial score (nSPS) is 10.4. The van der Waals surface area contributed by atoms with Crippen LogP contribution >= 0.6 is 0 Å². The van der Waals surface area contributed by atoms with Crippen LogP contribution in [0.2, 0.25) is 0 Å². The monoisotopic (exact) mass is 346 g/mol. The maximum Gasteiger partial charge on any atom is 1.00 e. The average molecular weight is 346 g/mol. The van der Waals surface area contributed by atoms with E-state index in [9.17, 15) is 51.8 Å². The molecule has 17 heteroatoms. The smallest absolute Gasteiger partial charge is 1.00 e. The molecular weight excluding hydrogens is 338 g/mol. The van der Waals surface area contributed by atoms with Crippen LogP contribution < -0.4 is 57.1 Å². The van der Waals surface area contributed by atoms with Gasteiger partial charge in [0.15, 0.2) is 0 Å². The summed E-state index contributed by atoms with van der Waals surface area (Å²) in [4.78, 5) is 0. The van der Waals surface area contributed by atoms with Crippen LogP contribution in [0, 0.1) is 0 Å². The Morgan fingerprint density at radius 3 is 0.632 bits per heavy atom. The van der Waals surface area contributed by atoms with Gasteiger partial charge in [-0.2, -0.15) is 0 Å².